The highest BCUT2D eigenvalue weighted by Gasteiger charge is 2.31. The Morgan fingerprint density at radius 1 is 1.13 bits per heavy atom. The quantitative estimate of drug-likeness (QED) is 0.644. The molecule has 154 valence electrons. The molecule has 1 atom stereocenters. The molecule has 2 aliphatic heterocycles. The van der Waals surface area contributed by atoms with Crippen molar-refractivity contribution in [3.8, 4) is 11.5 Å². The van der Waals surface area contributed by atoms with E-state index in [0.29, 0.717) is 41.4 Å². The SMILES string of the molecule is O=C(Cn1cnc2ccc(Cl)cc2c1=O)N1CCC[C@H]1c1ccc2c(c1)OCCO2. The second-order valence-electron chi connectivity index (χ2n) is 7.49. The summed E-state index contributed by atoms with van der Waals surface area (Å²) in [7, 11) is 0. The van der Waals surface area contributed by atoms with Crippen LogP contribution in [0.25, 0.3) is 10.9 Å². The van der Waals surface area contributed by atoms with Gasteiger partial charge in [-0.05, 0) is 48.7 Å². The molecule has 5 rings (SSSR count). The number of ether oxygens (including phenoxy) is 2. The van der Waals surface area contributed by atoms with Crippen LogP contribution in [0, 0.1) is 0 Å². The van der Waals surface area contributed by atoms with Gasteiger partial charge in [0, 0.05) is 11.6 Å². The molecule has 0 aliphatic carbocycles. The van der Waals surface area contributed by atoms with Gasteiger partial charge in [-0.25, -0.2) is 4.98 Å². The highest BCUT2D eigenvalue weighted by Crippen LogP contribution is 2.38. The molecule has 8 heteroatoms. The lowest BCUT2D eigenvalue weighted by Gasteiger charge is -2.27. The number of halogens is 1. The van der Waals surface area contributed by atoms with Gasteiger partial charge in [-0.1, -0.05) is 17.7 Å². The number of benzene rings is 2. The van der Waals surface area contributed by atoms with E-state index in [2.05, 4.69) is 4.98 Å². The van der Waals surface area contributed by atoms with Gasteiger partial charge in [0.1, 0.15) is 19.8 Å². The number of fused-ring (bicyclic) bond motifs is 2. The van der Waals surface area contributed by atoms with Crippen LogP contribution in [0.15, 0.2) is 47.5 Å². The number of amides is 1. The molecular formula is C22H20ClN3O4. The number of aromatic nitrogens is 2. The summed E-state index contributed by atoms with van der Waals surface area (Å²) in [6, 6.07) is 10.8. The third kappa shape index (κ3) is 3.39. The molecule has 3 aromatic rings. The van der Waals surface area contributed by atoms with Gasteiger partial charge in [-0.3, -0.25) is 14.2 Å². The summed E-state index contributed by atoms with van der Waals surface area (Å²) in [6.07, 6.45) is 3.20. The predicted octanol–water partition coefficient (Wildman–Crippen LogP) is 3.18. The molecular weight excluding hydrogens is 406 g/mol. The van der Waals surface area contributed by atoms with Crippen LogP contribution in [-0.4, -0.2) is 40.1 Å². The highest BCUT2D eigenvalue weighted by molar-refractivity contribution is 6.31. The number of carbonyl (C=O) groups is 1. The molecule has 0 saturated carbocycles. The van der Waals surface area contributed by atoms with Crippen LogP contribution < -0.4 is 15.0 Å². The Morgan fingerprint density at radius 2 is 1.97 bits per heavy atom. The van der Waals surface area contributed by atoms with E-state index in [1.165, 1.54) is 10.9 Å². The van der Waals surface area contributed by atoms with E-state index in [1.807, 2.05) is 23.1 Å². The smallest absolute Gasteiger partial charge is 0.261 e. The molecule has 0 N–H and O–H groups in total. The van der Waals surface area contributed by atoms with Crippen LogP contribution in [-0.2, 0) is 11.3 Å². The molecule has 1 aromatic heterocycles. The van der Waals surface area contributed by atoms with E-state index in [1.54, 1.807) is 18.2 Å². The van der Waals surface area contributed by atoms with E-state index in [9.17, 15) is 9.59 Å². The summed E-state index contributed by atoms with van der Waals surface area (Å²) < 4.78 is 12.6. The van der Waals surface area contributed by atoms with E-state index >= 15 is 0 Å². The average Bonchev–Trinajstić information content (AvgIpc) is 3.26. The van der Waals surface area contributed by atoms with Crippen molar-refractivity contribution >= 4 is 28.4 Å². The second-order valence-corrected chi connectivity index (χ2v) is 7.92. The van der Waals surface area contributed by atoms with E-state index in [4.69, 9.17) is 21.1 Å². The van der Waals surface area contributed by atoms with Crippen molar-refractivity contribution in [2.45, 2.75) is 25.4 Å². The third-order valence-electron chi connectivity index (χ3n) is 5.62. The van der Waals surface area contributed by atoms with Gasteiger partial charge in [-0.15, -0.1) is 0 Å². The van der Waals surface area contributed by atoms with Crippen molar-refractivity contribution < 1.29 is 14.3 Å². The first kappa shape index (κ1) is 18.9. The minimum atomic E-state index is -0.272. The van der Waals surface area contributed by atoms with Crippen LogP contribution in [0.3, 0.4) is 0 Å². The second kappa shape index (κ2) is 7.65. The summed E-state index contributed by atoms with van der Waals surface area (Å²) in [5.74, 6) is 1.33. The monoisotopic (exact) mass is 425 g/mol. The Hall–Kier alpha value is -3.06. The zero-order valence-electron chi connectivity index (χ0n) is 16.2. The zero-order valence-corrected chi connectivity index (χ0v) is 17.0. The Bertz CT molecular complexity index is 1190. The van der Waals surface area contributed by atoms with E-state index < -0.39 is 0 Å². The van der Waals surface area contributed by atoms with Crippen molar-refractivity contribution in [2.24, 2.45) is 0 Å². The Morgan fingerprint density at radius 3 is 2.83 bits per heavy atom. The summed E-state index contributed by atoms with van der Waals surface area (Å²) in [5.41, 5.74) is 1.30. The van der Waals surface area contributed by atoms with Crippen molar-refractivity contribution in [1.82, 2.24) is 14.5 Å². The molecule has 0 radical (unpaired) electrons. The standard InChI is InChI=1S/C22H20ClN3O4/c23-15-4-5-17-16(11-15)22(28)25(13-24-17)12-21(27)26-7-1-2-18(26)14-3-6-19-20(10-14)30-9-8-29-19/h3-6,10-11,13,18H,1-2,7-9,12H2/t18-/m0/s1. The minimum absolute atomic E-state index is 0.0492. The average molecular weight is 426 g/mol. The van der Waals surface area contributed by atoms with Gasteiger partial charge < -0.3 is 14.4 Å². The predicted molar refractivity (Wildman–Crippen MR) is 112 cm³/mol. The first-order valence-corrected chi connectivity index (χ1v) is 10.3. The van der Waals surface area contributed by atoms with Crippen molar-refractivity contribution in [3.63, 3.8) is 0 Å². The molecule has 1 saturated heterocycles. The molecule has 1 fully saturated rings. The number of rotatable bonds is 3. The summed E-state index contributed by atoms with van der Waals surface area (Å²) in [6.45, 7) is 1.65. The molecule has 30 heavy (non-hydrogen) atoms. The van der Waals surface area contributed by atoms with Crippen LogP contribution in [0.1, 0.15) is 24.4 Å². The van der Waals surface area contributed by atoms with Gasteiger partial charge in [0.25, 0.3) is 5.56 Å². The van der Waals surface area contributed by atoms with Crippen LogP contribution >= 0.6 is 11.6 Å². The first-order chi connectivity index (χ1) is 14.6. The maximum absolute atomic E-state index is 13.1. The van der Waals surface area contributed by atoms with Crippen molar-refractivity contribution in [1.29, 1.82) is 0 Å². The number of nitrogens with zero attached hydrogens (tertiary/aromatic N) is 3. The maximum Gasteiger partial charge on any atom is 0.261 e. The molecule has 3 heterocycles. The molecule has 7 nitrogen and oxygen atoms in total. The van der Waals surface area contributed by atoms with Gasteiger partial charge in [-0.2, -0.15) is 0 Å². The normalized spacial score (nSPS) is 18.0. The molecule has 1 amide bonds. The topological polar surface area (TPSA) is 73.7 Å². The van der Waals surface area contributed by atoms with Crippen molar-refractivity contribution in [2.75, 3.05) is 19.8 Å². The molecule has 2 aliphatic rings. The van der Waals surface area contributed by atoms with Crippen LogP contribution in [0.4, 0.5) is 0 Å². The zero-order chi connectivity index (χ0) is 20.7. The molecule has 0 unspecified atom stereocenters. The maximum atomic E-state index is 13.1. The lowest BCUT2D eigenvalue weighted by molar-refractivity contribution is -0.132. The number of likely N-dealkylation sites (tertiary alicyclic amines) is 1. The van der Waals surface area contributed by atoms with Gasteiger partial charge >= 0.3 is 0 Å². The summed E-state index contributed by atoms with van der Waals surface area (Å²) in [5, 5.41) is 0.867. The number of carbonyl (C=O) groups excluding carboxylic acids is 1. The fourth-order valence-corrected chi connectivity index (χ4v) is 4.33. The summed E-state index contributed by atoms with van der Waals surface area (Å²) >= 11 is 6.02. The Balaban J connectivity index is 1.40. The number of hydrogen-bond donors (Lipinski definition) is 0. The van der Waals surface area contributed by atoms with E-state index in [0.717, 1.165) is 24.2 Å². The number of hydrogen-bond acceptors (Lipinski definition) is 5. The first-order valence-electron chi connectivity index (χ1n) is 9.94. The minimum Gasteiger partial charge on any atom is -0.486 e. The van der Waals surface area contributed by atoms with Gasteiger partial charge in [0.2, 0.25) is 5.91 Å². The van der Waals surface area contributed by atoms with Crippen LogP contribution in [0.5, 0.6) is 11.5 Å². The largest absolute Gasteiger partial charge is 0.486 e. The Kier molecular flexibility index (Phi) is 4.83. The Labute approximate surface area is 177 Å². The fraction of sp³-hybridized carbons (Fsp3) is 0.318. The third-order valence-corrected chi connectivity index (χ3v) is 5.85. The van der Waals surface area contributed by atoms with Crippen LogP contribution in [0.2, 0.25) is 5.02 Å². The summed E-state index contributed by atoms with van der Waals surface area (Å²) in [4.78, 5) is 32.0. The van der Waals surface area contributed by atoms with Gasteiger partial charge in [0.15, 0.2) is 11.5 Å². The molecule has 2 aromatic carbocycles. The molecule has 0 spiro atoms. The highest BCUT2D eigenvalue weighted by atomic mass is 35.5. The van der Waals surface area contributed by atoms with E-state index in [-0.39, 0.29) is 24.1 Å². The lowest BCUT2D eigenvalue weighted by atomic mass is 10.0. The fourth-order valence-electron chi connectivity index (χ4n) is 4.16. The lowest BCUT2D eigenvalue weighted by Crippen LogP contribution is -2.36. The van der Waals surface area contributed by atoms with Gasteiger partial charge in [0.05, 0.1) is 23.3 Å². The van der Waals surface area contributed by atoms with Crippen molar-refractivity contribution in [3.05, 3.63) is 63.7 Å². The molecule has 0 bridgehead atoms.